The number of benzene rings is 2. The molecule has 8 nitrogen and oxygen atoms in total. The summed E-state index contributed by atoms with van der Waals surface area (Å²) >= 11 is 0. The zero-order valence-electron chi connectivity index (χ0n) is 15.9. The normalized spacial score (nSPS) is 18.3. The number of nitrogens with zero attached hydrogens (tertiary/aromatic N) is 5. The van der Waals surface area contributed by atoms with E-state index in [0.29, 0.717) is 30.9 Å². The van der Waals surface area contributed by atoms with E-state index in [-0.39, 0.29) is 6.10 Å². The molecule has 3 heterocycles. The third-order valence-corrected chi connectivity index (χ3v) is 5.14. The van der Waals surface area contributed by atoms with Gasteiger partial charge in [0.15, 0.2) is 0 Å². The molecule has 152 valence electrons. The smallest absolute Gasteiger partial charge is 0.414 e. The van der Waals surface area contributed by atoms with Crippen LogP contribution in [0.4, 0.5) is 14.9 Å². The van der Waals surface area contributed by atoms with Gasteiger partial charge in [0.25, 0.3) is 0 Å². The Balaban J connectivity index is 1.32. The molecule has 0 aliphatic carbocycles. The van der Waals surface area contributed by atoms with Gasteiger partial charge < -0.3 is 9.57 Å². The summed E-state index contributed by atoms with van der Waals surface area (Å²) in [6, 6.07) is 12.3. The van der Waals surface area contributed by atoms with Gasteiger partial charge in [-0.1, -0.05) is 34.6 Å². The van der Waals surface area contributed by atoms with Crippen LogP contribution in [0.25, 0.3) is 11.1 Å². The molecule has 2 aromatic carbocycles. The molecule has 0 bridgehead atoms. The highest BCUT2D eigenvalue weighted by molar-refractivity contribution is 6.01. The third kappa shape index (κ3) is 3.49. The van der Waals surface area contributed by atoms with Crippen LogP contribution in [0.5, 0.6) is 0 Å². The number of carbonyl (C=O) groups is 1. The molecule has 2 aliphatic rings. The minimum absolute atomic E-state index is 0.316. The molecular weight excluding hydrogens is 389 g/mol. The summed E-state index contributed by atoms with van der Waals surface area (Å²) in [7, 11) is 0. The molecule has 1 atom stereocenters. The van der Waals surface area contributed by atoms with Gasteiger partial charge in [-0.15, -0.1) is 5.10 Å². The fourth-order valence-electron chi connectivity index (χ4n) is 3.62. The average molecular weight is 407 g/mol. The van der Waals surface area contributed by atoms with Gasteiger partial charge in [0.1, 0.15) is 18.5 Å². The molecule has 1 saturated heterocycles. The minimum Gasteiger partial charge on any atom is -0.442 e. The first-order chi connectivity index (χ1) is 14.7. The maximum Gasteiger partial charge on any atom is 0.414 e. The molecule has 1 aromatic heterocycles. The number of hydrogen-bond acceptors (Lipinski definition) is 6. The van der Waals surface area contributed by atoms with Crippen LogP contribution in [0.1, 0.15) is 12.0 Å². The Morgan fingerprint density at radius 2 is 1.97 bits per heavy atom. The van der Waals surface area contributed by atoms with E-state index in [1.54, 1.807) is 29.2 Å². The van der Waals surface area contributed by atoms with E-state index in [9.17, 15) is 9.18 Å². The summed E-state index contributed by atoms with van der Waals surface area (Å²) in [6.07, 6.45) is 3.15. The predicted molar refractivity (Wildman–Crippen MR) is 107 cm³/mol. The van der Waals surface area contributed by atoms with Crippen molar-refractivity contribution in [1.29, 1.82) is 0 Å². The molecule has 2 aliphatic heterocycles. The fourth-order valence-corrected chi connectivity index (χ4v) is 3.62. The Labute approximate surface area is 171 Å². The second-order valence-corrected chi connectivity index (χ2v) is 7.10. The molecule has 0 N–H and O–H groups in total. The summed E-state index contributed by atoms with van der Waals surface area (Å²) in [5, 5.41) is 11.6. The Kier molecular flexibility index (Phi) is 4.62. The Bertz CT molecular complexity index is 1100. The van der Waals surface area contributed by atoms with Crippen molar-refractivity contribution in [2.45, 2.75) is 19.1 Å². The average Bonchev–Trinajstić information content (AvgIpc) is 3.51. The summed E-state index contributed by atoms with van der Waals surface area (Å²) in [5.41, 5.74) is 3.52. The highest BCUT2D eigenvalue weighted by Crippen LogP contribution is 2.29. The number of oxime groups is 1. The zero-order chi connectivity index (χ0) is 20.5. The molecular formula is C21H18FN5O3. The van der Waals surface area contributed by atoms with Crippen LogP contribution in [0.3, 0.4) is 0 Å². The molecule has 30 heavy (non-hydrogen) atoms. The zero-order valence-corrected chi connectivity index (χ0v) is 15.9. The summed E-state index contributed by atoms with van der Waals surface area (Å²) in [4.78, 5) is 18.7. The van der Waals surface area contributed by atoms with Gasteiger partial charge in [0, 0.05) is 18.2 Å². The van der Waals surface area contributed by atoms with Crippen LogP contribution in [-0.4, -0.2) is 46.1 Å². The fraction of sp³-hybridized carbons (Fsp3) is 0.238. The molecule has 0 radical (unpaired) electrons. The van der Waals surface area contributed by atoms with Crippen molar-refractivity contribution in [2.24, 2.45) is 5.16 Å². The van der Waals surface area contributed by atoms with Gasteiger partial charge in [0.2, 0.25) is 0 Å². The van der Waals surface area contributed by atoms with Gasteiger partial charge >= 0.3 is 6.09 Å². The van der Waals surface area contributed by atoms with Crippen molar-refractivity contribution in [3.05, 3.63) is 66.2 Å². The molecule has 1 fully saturated rings. The van der Waals surface area contributed by atoms with Gasteiger partial charge in [0.05, 0.1) is 30.7 Å². The lowest BCUT2D eigenvalue weighted by molar-refractivity contribution is 0.129. The second-order valence-electron chi connectivity index (χ2n) is 7.10. The number of amides is 1. The van der Waals surface area contributed by atoms with E-state index in [0.717, 1.165) is 23.3 Å². The molecule has 3 aromatic rings. The van der Waals surface area contributed by atoms with Crippen LogP contribution in [0, 0.1) is 5.82 Å². The van der Waals surface area contributed by atoms with Crippen LogP contribution < -0.4 is 4.90 Å². The van der Waals surface area contributed by atoms with E-state index in [4.69, 9.17) is 9.57 Å². The lowest BCUT2D eigenvalue weighted by Gasteiger charge is -2.14. The van der Waals surface area contributed by atoms with Gasteiger partial charge in [-0.05, 0) is 29.3 Å². The van der Waals surface area contributed by atoms with Crippen molar-refractivity contribution in [2.75, 3.05) is 18.1 Å². The van der Waals surface area contributed by atoms with Gasteiger partial charge in [-0.25, -0.2) is 13.9 Å². The monoisotopic (exact) mass is 407 g/mol. The van der Waals surface area contributed by atoms with Crippen LogP contribution in [-0.2, 0) is 16.1 Å². The summed E-state index contributed by atoms with van der Waals surface area (Å²) in [5.74, 6) is -0.408. The van der Waals surface area contributed by atoms with E-state index in [2.05, 4.69) is 15.5 Å². The van der Waals surface area contributed by atoms with Crippen molar-refractivity contribution >= 4 is 17.5 Å². The lowest BCUT2D eigenvalue weighted by Crippen LogP contribution is -2.26. The highest BCUT2D eigenvalue weighted by atomic mass is 19.1. The Hall–Kier alpha value is -3.75. The summed E-state index contributed by atoms with van der Waals surface area (Å²) in [6.45, 7) is 1.30. The van der Waals surface area contributed by atoms with Crippen molar-refractivity contribution in [3.8, 4) is 11.1 Å². The van der Waals surface area contributed by atoms with Crippen LogP contribution in [0.2, 0.25) is 0 Å². The molecule has 1 amide bonds. The van der Waals surface area contributed by atoms with E-state index < -0.39 is 11.9 Å². The maximum atomic E-state index is 14.9. The number of halogens is 1. The number of carbonyl (C=O) groups excluding carboxylic acids is 1. The third-order valence-electron chi connectivity index (χ3n) is 5.14. The number of anilines is 1. The minimum atomic E-state index is -0.504. The topological polar surface area (TPSA) is 81.8 Å². The standard InChI is InChI=1S/C21H18FN5O3/c22-19-11-16(27-13-17(30-21(27)28)12-26-9-8-23-25-26)5-6-18(19)14-1-3-15(4-2-14)20-7-10-29-24-20/h1-6,8-9,11,17H,7,10,12-13H2/t17-/m0/s1. The number of aromatic nitrogens is 3. The molecule has 9 heteroatoms. The largest absolute Gasteiger partial charge is 0.442 e. The molecule has 0 unspecified atom stereocenters. The van der Waals surface area contributed by atoms with E-state index >= 15 is 0 Å². The molecule has 5 rings (SSSR count). The first-order valence-corrected chi connectivity index (χ1v) is 9.59. The van der Waals surface area contributed by atoms with E-state index in [1.807, 2.05) is 24.3 Å². The Morgan fingerprint density at radius 3 is 2.67 bits per heavy atom. The number of rotatable bonds is 5. The first-order valence-electron chi connectivity index (χ1n) is 9.59. The second kappa shape index (κ2) is 7.58. The number of cyclic esters (lactones) is 1. The van der Waals surface area contributed by atoms with Crippen molar-refractivity contribution in [3.63, 3.8) is 0 Å². The van der Waals surface area contributed by atoms with Crippen molar-refractivity contribution in [1.82, 2.24) is 15.0 Å². The van der Waals surface area contributed by atoms with Crippen molar-refractivity contribution < 1.29 is 18.8 Å². The molecule has 0 saturated carbocycles. The summed E-state index contributed by atoms with van der Waals surface area (Å²) < 4.78 is 21.8. The Morgan fingerprint density at radius 1 is 1.13 bits per heavy atom. The lowest BCUT2D eigenvalue weighted by atomic mass is 10.0. The number of hydrogen-bond donors (Lipinski definition) is 0. The van der Waals surface area contributed by atoms with Crippen LogP contribution in [0.15, 0.2) is 60.0 Å². The van der Waals surface area contributed by atoms with Gasteiger partial charge in [-0.2, -0.15) is 0 Å². The predicted octanol–water partition coefficient (Wildman–Crippen LogP) is 3.23. The van der Waals surface area contributed by atoms with E-state index in [1.165, 1.54) is 11.0 Å². The van der Waals surface area contributed by atoms with Crippen LogP contribution >= 0.6 is 0 Å². The SMILES string of the molecule is O=C1O[C@@H](Cn2ccnn2)CN1c1ccc(-c2ccc(C3=NOCC3)cc2)c(F)c1. The maximum absolute atomic E-state index is 14.9. The molecule has 0 spiro atoms. The first kappa shape index (κ1) is 18.3. The van der Waals surface area contributed by atoms with Gasteiger partial charge in [-0.3, -0.25) is 4.90 Å². The quantitative estimate of drug-likeness (QED) is 0.649. The highest BCUT2D eigenvalue weighted by Gasteiger charge is 2.33. The number of ether oxygens (including phenoxy) is 1.